The largest absolute Gasteiger partial charge is 0.458 e. The highest BCUT2D eigenvalue weighted by molar-refractivity contribution is 7.89. The van der Waals surface area contributed by atoms with Crippen molar-refractivity contribution in [1.29, 1.82) is 0 Å². The van der Waals surface area contributed by atoms with Crippen LogP contribution in [0, 0.1) is 0 Å². The maximum absolute atomic E-state index is 11.9. The Balaban J connectivity index is 2.25. The zero-order valence-corrected chi connectivity index (χ0v) is 16.2. The zero-order valence-electron chi connectivity index (χ0n) is 15.4. The average Bonchev–Trinajstić information content (AvgIpc) is 2.56. The summed E-state index contributed by atoms with van der Waals surface area (Å²) in [4.78, 5) is 11.9. The lowest BCUT2D eigenvalue weighted by Gasteiger charge is -2.14. The number of hydrogen-bond acceptors (Lipinski definition) is 4. The van der Waals surface area contributed by atoms with Crippen LogP contribution in [0.1, 0.15) is 83.3 Å². The maximum atomic E-state index is 11.9. The Labute approximate surface area is 152 Å². The molecule has 0 aliphatic carbocycles. The van der Waals surface area contributed by atoms with Crippen molar-refractivity contribution in [2.24, 2.45) is 5.14 Å². The molecular formula is C19H31NO4S. The molecule has 0 spiro atoms. The third-order valence-corrected chi connectivity index (χ3v) is 5.15. The topological polar surface area (TPSA) is 86.5 Å². The predicted molar refractivity (Wildman–Crippen MR) is 99.5 cm³/mol. The molecule has 142 valence electrons. The van der Waals surface area contributed by atoms with Gasteiger partial charge >= 0.3 is 5.97 Å². The Morgan fingerprint density at radius 1 is 1.00 bits per heavy atom. The Morgan fingerprint density at radius 3 is 2.04 bits per heavy atom. The van der Waals surface area contributed by atoms with Crippen molar-refractivity contribution in [3.8, 4) is 0 Å². The van der Waals surface area contributed by atoms with E-state index in [4.69, 9.17) is 9.88 Å². The number of carbonyl (C=O) groups is 1. The van der Waals surface area contributed by atoms with Gasteiger partial charge in [0.15, 0.2) is 0 Å². The fourth-order valence-corrected chi connectivity index (χ4v) is 3.17. The van der Waals surface area contributed by atoms with E-state index in [0.717, 1.165) is 18.4 Å². The molecule has 0 fully saturated rings. The van der Waals surface area contributed by atoms with Crippen LogP contribution in [0.15, 0.2) is 29.2 Å². The molecule has 0 saturated carbocycles. The van der Waals surface area contributed by atoms with Gasteiger partial charge in [-0.1, -0.05) is 64.0 Å². The monoisotopic (exact) mass is 369 g/mol. The van der Waals surface area contributed by atoms with Gasteiger partial charge < -0.3 is 4.74 Å². The molecule has 0 bridgehead atoms. The number of esters is 1. The van der Waals surface area contributed by atoms with Gasteiger partial charge in [0.1, 0.15) is 6.10 Å². The lowest BCUT2D eigenvalue weighted by atomic mass is 10.1. The van der Waals surface area contributed by atoms with Gasteiger partial charge in [0, 0.05) is 6.42 Å². The Kier molecular flexibility index (Phi) is 9.75. The summed E-state index contributed by atoms with van der Waals surface area (Å²) in [5, 5.41) is 5.06. The quantitative estimate of drug-likeness (QED) is 0.435. The zero-order chi connectivity index (χ0) is 18.7. The molecule has 0 radical (unpaired) electrons. The van der Waals surface area contributed by atoms with Crippen molar-refractivity contribution in [3.63, 3.8) is 0 Å². The third-order valence-electron chi connectivity index (χ3n) is 4.22. The summed E-state index contributed by atoms with van der Waals surface area (Å²) in [6, 6.07) is 6.09. The first-order chi connectivity index (χ1) is 11.8. The summed E-state index contributed by atoms with van der Waals surface area (Å²) >= 11 is 0. The van der Waals surface area contributed by atoms with Crippen LogP contribution in [-0.4, -0.2) is 14.4 Å². The van der Waals surface area contributed by atoms with Crippen LogP contribution in [0.3, 0.4) is 0 Å². The van der Waals surface area contributed by atoms with Crippen molar-refractivity contribution >= 4 is 16.0 Å². The van der Waals surface area contributed by atoms with E-state index in [1.807, 2.05) is 0 Å². The first kappa shape index (κ1) is 21.6. The van der Waals surface area contributed by atoms with Crippen LogP contribution >= 0.6 is 0 Å². The smallest absolute Gasteiger partial charge is 0.306 e. The minimum atomic E-state index is -3.70. The highest BCUT2D eigenvalue weighted by Gasteiger charge is 2.13. The first-order valence-electron chi connectivity index (χ1n) is 9.17. The molecule has 1 atom stereocenters. The van der Waals surface area contributed by atoms with E-state index in [1.165, 1.54) is 50.7 Å². The highest BCUT2D eigenvalue weighted by atomic mass is 32.2. The van der Waals surface area contributed by atoms with E-state index in [-0.39, 0.29) is 10.9 Å². The fraction of sp³-hybridized carbons (Fsp3) is 0.632. The molecular weight excluding hydrogens is 338 g/mol. The van der Waals surface area contributed by atoms with E-state index >= 15 is 0 Å². The fourth-order valence-electron chi connectivity index (χ4n) is 2.66. The summed E-state index contributed by atoms with van der Waals surface area (Å²) in [5.41, 5.74) is 0.747. The molecule has 0 amide bonds. The molecule has 0 heterocycles. The number of carbonyl (C=O) groups excluding carboxylic acids is 1. The second-order valence-electron chi connectivity index (χ2n) is 6.47. The predicted octanol–water partition coefficient (Wildman–Crippen LogP) is 4.47. The number of nitrogens with two attached hydrogens (primary N) is 1. The SMILES string of the molecule is CCCCCCCCCCC(=O)OC(C)c1ccc(S(N)(=O)=O)cc1. The lowest BCUT2D eigenvalue weighted by molar-refractivity contribution is -0.148. The van der Waals surface area contributed by atoms with Crippen molar-refractivity contribution < 1.29 is 17.9 Å². The summed E-state index contributed by atoms with van der Waals surface area (Å²) in [6.45, 7) is 3.98. The molecule has 1 rings (SSSR count). The van der Waals surface area contributed by atoms with Crippen LogP contribution in [0.2, 0.25) is 0 Å². The van der Waals surface area contributed by atoms with Gasteiger partial charge in [0.2, 0.25) is 10.0 Å². The minimum Gasteiger partial charge on any atom is -0.458 e. The number of sulfonamides is 1. The summed E-state index contributed by atoms with van der Waals surface area (Å²) in [7, 11) is -3.70. The normalized spacial score (nSPS) is 12.8. The molecule has 6 heteroatoms. The van der Waals surface area contributed by atoms with E-state index in [2.05, 4.69) is 6.92 Å². The van der Waals surface area contributed by atoms with Gasteiger partial charge in [-0.3, -0.25) is 4.79 Å². The van der Waals surface area contributed by atoms with Gasteiger partial charge in [-0.2, -0.15) is 0 Å². The van der Waals surface area contributed by atoms with Crippen molar-refractivity contribution in [2.75, 3.05) is 0 Å². The Bertz CT molecular complexity index is 611. The summed E-state index contributed by atoms with van der Waals surface area (Å²) in [6.07, 6.45) is 9.48. The highest BCUT2D eigenvalue weighted by Crippen LogP contribution is 2.20. The number of primary sulfonamides is 1. The van der Waals surface area contributed by atoms with Crippen LogP contribution in [0.5, 0.6) is 0 Å². The van der Waals surface area contributed by atoms with Gasteiger partial charge in [0.25, 0.3) is 0 Å². The molecule has 0 saturated heterocycles. The van der Waals surface area contributed by atoms with E-state index in [1.54, 1.807) is 19.1 Å². The first-order valence-corrected chi connectivity index (χ1v) is 10.7. The molecule has 0 aliphatic heterocycles. The van der Waals surface area contributed by atoms with Crippen molar-refractivity contribution in [2.45, 2.75) is 82.6 Å². The molecule has 0 aromatic heterocycles. The van der Waals surface area contributed by atoms with E-state index in [9.17, 15) is 13.2 Å². The number of ether oxygens (including phenoxy) is 1. The molecule has 1 unspecified atom stereocenters. The van der Waals surface area contributed by atoms with Gasteiger partial charge in [0.05, 0.1) is 4.90 Å². The number of rotatable bonds is 12. The van der Waals surface area contributed by atoms with Crippen LogP contribution < -0.4 is 5.14 Å². The molecule has 25 heavy (non-hydrogen) atoms. The molecule has 2 N–H and O–H groups in total. The second-order valence-corrected chi connectivity index (χ2v) is 8.03. The van der Waals surface area contributed by atoms with Crippen LogP contribution in [0.25, 0.3) is 0 Å². The Morgan fingerprint density at radius 2 is 1.52 bits per heavy atom. The van der Waals surface area contributed by atoms with E-state index < -0.39 is 16.1 Å². The number of hydrogen-bond donors (Lipinski definition) is 1. The van der Waals surface area contributed by atoms with E-state index in [0.29, 0.717) is 6.42 Å². The van der Waals surface area contributed by atoms with Crippen LogP contribution in [0.4, 0.5) is 0 Å². The van der Waals surface area contributed by atoms with Gasteiger partial charge in [-0.15, -0.1) is 0 Å². The molecule has 5 nitrogen and oxygen atoms in total. The van der Waals surface area contributed by atoms with Crippen LogP contribution in [-0.2, 0) is 19.6 Å². The van der Waals surface area contributed by atoms with Crippen molar-refractivity contribution in [1.82, 2.24) is 0 Å². The standard InChI is InChI=1S/C19H31NO4S/c1-3-4-5-6-7-8-9-10-11-19(21)24-16(2)17-12-14-18(15-13-17)25(20,22)23/h12-16H,3-11H2,1-2H3,(H2,20,22,23). The summed E-state index contributed by atoms with van der Waals surface area (Å²) in [5.74, 6) is -0.214. The minimum absolute atomic E-state index is 0.0497. The molecule has 1 aromatic carbocycles. The summed E-state index contributed by atoms with van der Waals surface area (Å²) < 4.78 is 27.9. The number of unbranched alkanes of at least 4 members (excludes halogenated alkanes) is 7. The third kappa shape index (κ3) is 9.02. The molecule has 0 aliphatic rings. The van der Waals surface area contributed by atoms with Gasteiger partial charge in [-0.25, -0.2) is 13.6 Å². The number of benzene rings is 1. The Hall–Kier alpha value is -1.40. The second kappa shape index (κ2) is 11.3. The maximum Gasteiger partial charge on any atom is 0.306 e. The average molecular weight is 370 g/mol. The molecule has 1 aromatic rings. The van der Waals surface area contributed by atoms with Crippen molar-refractivity contribution in [3.05, 3.63) is 29.8 Å². The van der Waals surface area contributed by atoms with Gasteiger partial charge in [-0.05, 0) is 31.0 Å². The lowest BCUT2D eigenvalue weighted by Crippen LogP contribution is -2.12.